The average Bonchev–Trinajstić information content (AvgIpc) is 3.11. The van der Waals surface area contributed by atoms with E-state index in [1.807, 2.05) is 0 Å². The first kappa shape index (κ1) is 16.9. The fraction of sp³-hybridized carbons (Fsp3) is 0.0526. The molecule has 0 fully saturated rings. The molecule has 0 saturated heterocycles. The molecule has 0 radical (unpaired) electrons. The first-order valence-corrected chi connectivity index (χ1v) is 7.82. The molecule has 2 aromatic heterocycles. The minimum atomic E-state index is -4.90. The largest absolute Gasteiger partial charge is 0.508 e. The molecule has 0 aliphatic heterocycles. The van der Waals surface area contributed by atoms with Gasteiger partial charge < -0.3 is 9.52 Å². The summed E-state index contributed by atoms with van der Waals surface area (Å²) in [4.78, 5) is 12.8. The molecule has 136 valence electrons. The number of alkyl halides is 3. The molecule has 4 aromatic rings. The smallest absolute Gasteiger partial charge is 0.450 e. The lowest BCUT2D eigenvalue weighted by Gasteiger charge is -2.11. The van der Waals surface area contributed by atoms with Crippen molar-refractivity contribution in [3.63, 3.8) is 0 Å². The van der Waals surface area contributed by atoms with Crippen molar-refractivity contribution in [3.8, 4) is 22.6 Å². The molecule has 0 aliphatic carbocycles. The highest BCUT2D eigenvalue weighted by atomic mass is 19.4. The molecule has 0 atom stereocenters. The van der Waals surface area contributed by atoms with Crippen LogP contribution in [0.1, 0.15) is 5.76 Å². The number of nitrogens with zero attached hydrogens (tertiary/aromatic N) is 2. The lowest BCUT2D eigenvalue weighted by molar-refractivity contribution is -0.152. The van der Waals surface area contributed by atoms with Crippen LogP contribution >= 0.6 is 0 Å². The molecule has 2 heterocycles. The number of hydrogen-bond acceptors (Lipinski definition) is 4. The molecule has 0 spiro atoms. The second kappa shape index (κ2) is 6.01. The first-order valence-electron chi connectivity index (χ1n) is 7.82. The first-order chi connectivity index (χ1) is 12.8. The van der Waals surface area contributed by atoms with E-state index in [9.17, 15) is 23.1 Å². The molecule has 4 rings (SSSR count). The normalized spacial score (nSPS) is 11.8. The fourth-order valence-corrected chi connectivity index (χ4v) is 2.82. The van der Waals surface area contributed by atoms with Gasteiger partial charge in [0.2, 0.25) is 11.2 Å². The van der Waals surface area contributed by atoms with Gasteiger partial charge in [0.25, 0.3) is 0 Å². The molecule has 0 bridgehead atoms. The maximum Gasteiger partial charge on any atom is 0.450 e. The minimum absolute atomic E-state index is 0.0186. The van der Waals surface area contributed by atoms with Gasteiger partial charge in [0.1, 0.15) is 11.3 Å². The van der Waals surface area contributed by atoms with Crippen molar-refractivity contribution in [2.75, 3.05) is 0 Å². The van der Waals surface area contributed by atoms with Gasteiger partial charge in [-0.25, -0.2) is 4.68 Å². The Balaban J connectivity index is 1.98. The van der Waals surface area contributed by atoms with Crippen molar-refractivity contribution in [2.24, 2.45) is 0 Å². The quantitative estimate of drug-likeness (QED) is 0.567. The van der Waals surface area contributed by atoms with E-state index >= 15 is 0 Å². The van der Waals surface area contributed by atoms with Crippen molar-refractivity contribution in [1.82, 2.24) is 9.78 Å². The van der Waals surface area contributed by atoms with Crippen molar-refractivity contribution in [2.45, 2.75) is 6.18 Å². The summed E-state index contributed by atoms with van der Waals surface area (Å²) < 4.78 is 47.0. The standard InChI is InChI=1S/C19H11F3N2O3/c20-19(21,22)18-16(17(26)14-7-6-13(25)8-15(14)27-18)11-9-23-24(10-11)12-4-2-1-3-5-12/h1-10,25H. The SMILES string of the molecule is O=c1c(-c2cnn(-c3ccccc3)c2)c(C(F)(F)F)oc2cc(O)ccc12. The summed E-state index contributed by atoms with van der Waals surface area (Å²) in [7, 11) is 0. The summed E-state index contributed by atoms with van der Waals surface area (Å²) in [5.74, 6) is -1.73. The summed E-state index contributed by atoms with van der Waals surface area (Å²) in [5.41, 5.74) is -1.20. The molecule has 2 aromatic carbocycles. The van der Waals surface area contributed by atoms with Gasteiger partial charge in [-0.1, -0.05) is 18.2 Å². The van der Waals surface area contributed by atoms with Crippen LogP contribution in [0.5, 0.6) is 5.75 Å². The molecule has 0 amide bonds. The van der Waals surface area contributed by atoms with Crippen molar-refractivity contribution in [3.05, 3.63) is 76.9 Å². The number of para-hydroxylation sites is 1. The van der Waals surface area contributed by atoms with Crippen LogP contribution in [-0.4, -0.2) is 14.9 Å². The number of rotatable bonds is 2. The van der Waals surface area contributed by atoms with Crippen LogP contribution in [0.2, 0.25) is 0 Å². The number of phenolic OH excluding ortho intramolecular Hbond substituents is 1. The van der Waals surface area contributed by atoms with Crippen LogP contribution in [0.3, 0.4) is 0 Å². The molecule has 8 heteroatoms. The number of phenols is 1. The maximum absolute atomic E-state index is 13.5. The van der Waals surface area contributed by atoms with E-state index in [4.69, 9.17) is 4.42 Å². The van der Waals surface area contributed by atoms with Crippen LogP contribution in [0.4, 0.5) is 13.2 Å². The highest BCUT2D eigenvalue weighted by molar-refractivity contribution is 5.83. The molecule has 0 saturated carbocycles. The van der Waals surface area contributed by atoms with E-state index in [-0.39, 0.29) is 22.3 Å². The Labute approximate surface area is 149 Å². The summed E-state index contributed by atoms with van der Waals surface area (Å²) in [5, 5.41) is 13.5. The van der Waals surface area contributed by atoms with E-state index < -0.39 is 22.9 Å². The Bertz CT molecular complexity index is 1190. The predicted octanol–water partition coefficient (Wildman–Crippen LogP) is 4.37. The number of hydrogen-bond donors (Lipinski definition) is 1. The van der Waals surface area contributed by atoms with E-state index in [2.05, 4.69) is 5.10 Å². The fourth-order valence-electron chi connectivity index (χ4n) is 2.82. The van der Waals surface area contributed by atoms with Gasteiger partial charge in [-0.05, 0) is 24.3 Å². The number of fused-ring (bicyclic) bond motifs is 1. The molecule has 0 aliphatic rings. The molecule has 1 N–H and O–H groups in total. The van der Waals surface area contributed by atoms with Crippen LogP contribution in [-0.2, 0) is 6.18 Å². The maximum atomic E-state index is 13.5. The molecule has 5 nitrogen and oxygen atoms in total. The second-order valence-electron chi connectivity index (χ2n) is 5.82. The monoisotopic (exact) mass is 372 g/mol. The lowest BCUT2D eigenvalue weighted by atomic mass is 10.0. The highest BCUT2D eigenvalue weighted by Crippen LogP contribution is 2.37. The minimum Gasteiger partial charge on any atom is -0.508 e. The molecular weight excluding hydrogens is 361 g/mol. The zero-order valence-corrected chi connectivity index (χ0v) is 13.6. The van der Waals surface area contributed by atoms with Crippen molar-refractivity contribution >= 4 is 11.0 Å². The summed E-state index contributed by atoms with van der Waals surface area (Å²) >= 11 is 0. The van der Waals surface area contributed by atoms with E-state index in [0.29, 0.717) is 5.69 Å². The second-order valence-corrected chi connectivity index (χ2v) is 5.82. The third kappa shape index (κ3) is 2.95. The molecule has 27 heavy (non-hydrogen) atoms. The highest BCUT2D eigenvalue weighted by Gasteiger charge is 2.39. The van der Waals surface area contributed by atoms with Crippen molar-refractivity contribution < 1.29 is 22.7 Å². The van der Waals surface area contributed by atoms with Gasteiger partial charge >= 0.3 is 6.18 Å². The average molecular weight is 372 g/mol. The van der Waals surface area contributed by atoms with E-state index in [1.165, 1.54) is 29.2 Å². The zero-order chi connectivity index (χ0) is 19.2. The van der Waals surface area contributed by atoms with E-state index in [1.54, 1.807) is 30.3 Å². The number of benzene rings is 2. The van der Waals surface area contributed by atoms with Crippen LogP contribution in [0.15, 0.2) is 70.1 Å². The van der Waals surface area contributed by atoms with Gasteiger partial charge in [0.15, 0.2) is 0 Å². The lowest BCUT2D eigenvalue weighted by Crippen LogP contribution is -2.15. The Hall–Kier alpha value is -3.55. The van der Waals surface area contributed by atoms with Crippen LogP contribution in [0, 0.1) is 0 Å². The Morgan fingerprint density at radius 3 is 2.52 bits per heavy atom. The van der Waals surface area contributed by atoms with Gasteiger partial charge in [0, 0.05) is 17.8 Å². The van der Waals surface area contributed by atoms with Crippen molar-refractivity contribution in [1.29, 1.82) is 0 Å². The Kier molecular flexibility index (Phi) is 3.76. The zero-order valence-electron chi connectivity index (χ0n) is 13.6. The Morgan fingerprint density at radius 2 is 1.81 bits per heavy atom. The molecule has 0 unspecified atom stereocenters. The topological polar surface area (TPSA) is 68.3 Å². The molecular formula is C19H11F3N2O3. The Morgan fingerprint density at radius 1 is 1.07 bits per heavy atom. The summed E-state index contributed by atoms with van der Waals surface area (Å²) in [6.45, 7) is 0. The summed E-state index contributed by atoms with van der Waals surface area (Å²) in [6.07, 6.45) is -2.38. The predicted molar refractivity (Wildman–Crippen MR) is 91.7 cm³/mol. The van der Waals surface area contributed by atoms with E-state index in [0.717, 1.165) is 6.07 Å². The van der Waals surface area contributed by atoms with Gasteiger partial charge in [-0.2, -0.15) is 18.3 Å². The summed E-state index contributed by atoms with van der Waals surface area (Å²) in [6, 6.07) is 12.2. The number of aromatic hydroxyl groups is 1. The van der Waals surface area contributed by atoms with Crippen LogP contribution < -0.4 is 5.43 Å². The van der Waals surface area contributed by atoms with Crippen LogP contribution in [0.25, 0.3) is 27.8 Å². The number of aromatic nitrogens is 2. The third-order valence-electron chi connectivity index (χ3n) is 4.03. The van der Waals surface area contributed by atoms with Gasteiger partial charge in [0.05, 0.1) is 22.8 Å². The number of halogens is 3. The van der Waals surface area contributed by atoms with Gasteiger partial charge in [-0.3, -0.25) is 4.79 Å². The van der Waals surface area contributed by atoms with Gasteiger partial charge in [-0.15, -0.1) is 0 Å². The third-order valence-corrected chi connectivity index (χ3v) is 4.03.